The fourth-order valence-corrected chi connectivity index (χ4v) is 5.77. The van der Waals surface area contributed by atoms with Crippen LogP contribution in [-0.4, -0.2) is 61.8 Å². The van der Waals surface area contributed by atoms with Gasteiger partial charge in [-0.2, -0.15) is 9.59 Å². The van der Waals surface area contributed by atoms with Crippen LogP contribution in [-0.2, 0) is 30.2 Å². The topological polar surface area (TPSA) is 118 Å². The lowest BCUT2D eigenvalue weighted by Crippen LogP contribution is -2.31. The predicted molar refractivity (Wildman–Crippen MR) is 127 cm³/mol. The molecule has 6 atom stereocenters. The van der Waals surface area contributed by atoms with E-state index < -0.39 is 17.4 Å². The van der Waals surface area contributed by atoms with E-state index in [0.717, 1.165) is 17.7 Å². The van der Waals surface area contributed by atoms with Gasteiger partial charge in [-0.25, -0.2) is 23.4 Å². The molecule has 38 heavy (non-hydrogen) atoms. The lowest BCUT2D eigenvalue weighted by atomic mass is 10.1. The van der Waals surface area contributed by atoms with Gasteiger partial charge in [-0.15, -0.1) is 5.10 Å². The van der Waals surface area contributed by atoms with Crippen LogP contribution in [0, 0.1) is 24.5 Å². The number of benzene rings is 1. The Labute approximate surface area is 217 Å². The van der Waals surface area contributed by atoms with Crippen molar-refractivity contribution in [1.82, 2.24) is 25.0 Å². The average Bonchev–Trinajstić information content (AvgIpc) is 3.19. The molecule has 2 saturated carbocycles. The minimum absolute atomic E-state index is 0.0956. The smallest absolute Gasteiger partial charge is 0.373 e. The van der Waals surface area contributed by atoms with Crippen LogP contribution in [0.2, 0.25) is 0 Å². The van der Waals surface area contributed by atoms with Gasteiger partial charge in [0.1, 0.15) is 18.0 Å². The Bertz CT molecular complexity index is 1380. The Morgan fingerprint density at radius 1 is 1.13 bits per heavy atom. The van der Waals surface area contributed by atoms with Crippen molar-refractivity contribution in [2.45, 2.75) is 83.0 Å². The first-order valence-corrected chi connectivity index (χ1v) is 12.7. The maximum absolute atomic E-state index is 13.7. The first kappa shape index (κ1) is 26.4. The van der Waals surface area contributed by atoms with Crippen LogP contribution in [0.1, 0.15) is 62.7 Å². The Balaban J connectivity index is 0.000000937. The number of ether oxygens (including phenoxy) is 3. The van der Waals surface area contributed by atoms with Crippen LogP contribution in [0.5, 0.6) is 0 Å². The summed E-state index contributed by atoms with van der Waals surface area (Å²) in [6.07, 6.45) is 2.02. The van der Waals surface area contributed by atoms with Crippen molar-refractivity contribution in [3.05, 3.63) is 46.9 Å². The number of fused-ring (bicyclic) bond motifs is 2. The molecular weight excluding hydrogens is 500 g/mol. The van der Waals surface area contributed by atoms with E-state index in [1.807, 2.05) is 32.4 Å². The van der Waals surface area contributed by atoms with Gasteiger partial charge in [0.25, 0.3) is 0 Å². The largest absolute Gasteiger partial charge is 0.376 e. The summed E-state index contributed by atoms with van der Waals surface area (Å²) in [6, 6.07) is 4.03. The first-order chi connectivity index (χ1) is 18.2. The Morgan fingerprint density at radius 3 is 2.58 bits per heavy atom. The number of halogens is 2. The van der Waals surface area contributed by atoms with Crippen molar-refractivity contribution in [2.75, 3.05) is 6.61 Å². The monoisotopic (exact) mass is 529 g/mol. The van der Waals surface area contributed by atoms with E-state index in [-0.39, 0.29) is 42.3 Å². The molecule has 0 radical (unpaired) electrons. The lowest BCUT2D eigenvalue weighted by molar-refractivity contribution is -0.191. The zero-order valence-corrected chi connectivity index (χ0v) is 21.6. The van der Waals surface area contributed by atoms with E-state index in [1.54, 1.807) is 6.07 Å². The zero-order chi connectivity index (χ0) is 27.2. The summed E-state index contributed by atoms with van der Waals surface area (Å²) in [7, 11) is 0. The SMILES string of the molecule is CCO[C@H]1C[C@@H](n2nnc3c(C[C@@H]4C[C@H]4c4ccc(F)c(F)c4)nc(C)nc32)[C@@H]2OC(C)(C)O[C@@H]21.O=C=O. The summed E-state index contributed by atoms with van der Waals surface area (Å²) in [5.74, 6) is -1.22. The summed E-state index contributed by atoms with van der Waals surface area (Å²) in [4.78, 5) is 25.6. The molecule has 3 aromatic rings. The van der Waals surface area contributed by atoms with Crippen molar-refractivity contribution in [1.29, 1.82) is 0 Å². The molecule has 10 nitrogen and oxygen atoms in total. The highest BCUT2D eigenvalue weighted by molar-refractivity contribution is 5.72. The zero-order valence-electron chi connectivity index (χ0n) is 21.6. The molecule has 0 amide bonds. The normalized spacial score (nSPS) is 29.0. The van der Waals surface area contributed by atoms with E-state index in [0.29, 0.717) is 36.4 Å². The number of rotatable bonds is 6. The Kier molecular flexibility index (Phi) is 7.08. The molecule has 3 heterocycles. The molecule has 2 aromatic heterocycles. The third-order valence-corrected chi connectivity index (χ3v) is 7.34. The second-order valence-corrected chi connectivity index (χ2v) is 10.3. The summed E-state index contributed by atoms with van der Waals surface area (Å²) in [5, 5.41) is 8.96. The van der Waals surface area contributed by atoms with Gasteiger partial charge in [-0.1, -0.05) is 11.3 Å². The Hall–Kier alpha value is -3.18. The summed E-state index contributed by atoms with van der Waals surface area (Å²) < 4.78 is 47.3. The molecule has 0 unspecified atom stereocenters. The van der Waals surface area contributed by atoms with E-state index in [9.17, 15) is 8.78 Å². The first-order valence-electron chi connectivity index (χ1n) is 12.7. The highest BCUT2D eigenvalue weighted by atomic mass is 19.2. The van der Waals surface area contributed by atoms with Gasteiger partial charge < -0.3 is 14.2 Å². The molecule has 2 aliphatic carbocycles. The van der Waals surface area contributed by atoms with Crippen molar-refractivity contribution in [3.63, 3.8) is 0 Å². The molecule has 0 N–H and O–H groups in total. The summed E-state index contributed by atoms with van der Waals surface area (Å²) in [5.41, 5.74) is 2.99. The predicted octanol–water partition coefficient (Wildman–Crippen LogP) is 3.44. The molecule has 1 aromatic carbocycles. The summed E-state index contributed by atoms with van der Waals surface area (Å²) >= 11 is 0. The quantitative estimate of drug-likeness (QED) is 0.473. The van der Waals surface area contributed by atoms with Gasteiger partial charge in [0.2, 0.25) is 0 Å². The minimum Gasteiger partial charge on any atom is -0.376 e. The van der Waals surface area contributed by atoms with Crippen molar-refractivity contribution in [3.8, 4) is 0 Å². The van der Waals surface area contributed by atoms with Gasteiger partial charge in [-0.05, 0) is 70.1 Å². The minimum atomic E-state index is -0.823. The highest BCUT2D eigenvalue weighted by Crippen LogP contribution is 2.50. The number of hydrogen-bond acceptors (Lipinski definition) is 9. The number of nitrogens with zero attached hydrogens (tertiary/aromatic N) is 5. The molecule has 0 bridgehead atoms. The van der Waals surface area contributed by atoms with Crippen LogP contribution in [0.4, 0.5) is 8.78 Å². The summed E-state index contributed by atoms with van der Waals surface area (Å²) in [6.45, 7) is 8.25. The van der Waals surface area contributed by atoms with Crippen molar-refractivity contribution < 1.29 is 32.6 Å². The van der Waals surface area contributed by atoms with Gasteiger partial charge in [0, 0.05) is 13.0 Å². The fraction of sp³-hybridized carbons (Fsp3) is 0.577. The van der Waals surface area contributed by atoms with E-state index >= 15 is 0 Å². The van der Waals surface area contributed by atoms with Gasteiger partial charge in [0.15, 0.2) is 28.6 Å². The maximum Gasteiger partial charge on any atom is 0.373 e. The Morgan fingerprint density at radius 2 is 1.87 bits per heavy atom. The third kappa shape index (κ3) is 4.96. The van der Waals surface area contributed by atoms with Crippen LogP contribution < -0.4 is 0 Å². The molecule has 6 rings (SSSR count). The average molecular weight is 530 g/mol. The van der Waals surface area contributed by atoms with Crippen LogP contribution in [0.25, 0.3) is 11.2 Å². The van der Waals surface area contributed by atoms with Crippen LogP contribution in [0.15, 0.2) is 18.2 Å². The van der Waals surface area contributed by atoms with Gasteiger partial charge >= 0.3 is 6.15 Å². The van der Waals surface area contributed by atoms with Crippen LogP contribution >= 0.6 is 0 Å². The van der Waals surface area contributed by atoms with Crippen molar-refractivity contribution in [2.24, 2.45) is 5.92 Å². The van der Waals surface area contributed by atoms with Gasteiger partial charge in [-0.3, -0.25) is 0 Å². The molecule has 3 aliphatic rings. The van der Waals surface area contributed by atoms with Gasteiger partial charge in [0.05, 0.1) is 17.8 Å². The van der Waals surface area contributed by atoms with E-state index in [1.165, 1.54) is 12.1 Å². The number of carbonyl (C=O) groups excluding carboxylic acids is 2. The lowest BCUT2D eigenvalue weighted by Gasteiger charge is -2.23. The number of aromatic nitrogens is 5. The molecule has 1 aliphatic heterocycles. The van der Waals surface area contributed by atoms with Crippen LogP contribution in [0.3, 0.4) is 0 Å². The molecular formula is C26H29F2N5O5. The molecule has 202 valence electrons. The number of hydrogen-bond donors (Lipinski definition) is 0. The molecule has 0 spiro atoms. The van der Waals surface area contributed by atoms with Crippen molar-refractivity contribution >= 4 is 17.3 Å². The second kappa shape index (κ2) is 10.2. The molecule has 12 heteroatoms. The molecule has 1 saturated heterocycles. The number of aryl methyl sites for hydroxylation is 1. The molecule has 3 fully saturated rings. The van der Waals surface area contributed by atoms with E-state index in [2.05, 4.69) is 20.3 Å². The second-order valence-electron chi connectivity index (χ2n) is 10.3. The van der Waals surface area contributed by atoms with E-state index in [4.69, 9.17) is 23.8 Å². The standard InChI is InChI=1S/C25H29F2N5O3.CO2/c1-5-33-20-11-19(22-23(20)35-25(3,4)34-22)32-24-21(30-31-32)18(28-12(2)29-24)10-14-8-15(14)13-6-7-16(26)17(27)9-13;2-1-3/h6-7,9,14-15,19-20,22-23H,5,8,10-11H2,1-4H3;/t14-,15-,19+,20-,22-,23+;/m0./s1. The maximum atomic E-state index is 13.7. The third-order valence-electron chi connectivity index (χ3n) is 7.34. The highest BCUT2D eigenvalue weighted by Gasteiger charge is 2.56. The fourth-order valence-electron chi connectivity index (χ4n) is 5.77.